The molecule has 0 aliphatic carbocycles. The third-order valence-corrected chi connectivity index (χ3v) is 2.87. The number of hydrogen-bond acceptors (Lipinski definition) is 5. The number of hydrogen-bond donors (Lipinski definition) is 3. The van der Waals surface area contributed by atoms with Gasteiger partial charge in [0.15, 0.2) is 0 Å². The lowest BCUT2D eigenvalue weighted by atomic mass is 9.97. The lowest BCUT2D eigenvalue weighted by Gasteiger charge is -2.18. The first-order valence-corrected chi connectivity index (χ1v) is 5.73. The fourth-order valence-corrected chi connectivity index (χ4v) is 1.70. The van der Waals surface area contributed by atoms with Crippen LogP contribution in [0, 0.1) is 17.0 Å². The Morgan fingerprint density at radius 1 is 1.53 bits per heavy atom. The van der Waals surface area contributed by atoms with Gasteiger partial charge in [0.2, 0.25) is 0 Å². The van der Waals surface area contributed by atoms with Crippen LogP contribution in [0.4, 0.5) is 5.69 Å². The topological polar surface area (TPSA) is 127 Å². The zero-order chi connectivity index (χ0) is 14.6. The molecule has 0 bridgehead atoms. The molecule has 7 nitrogen and oxygen atoms in total. The molecule has 2 unspecified atom stereocenters. The Bertz CT molecular complexity index is 489. The maximum atomic E-state index is 10.8. The van der Waals surface area contributed by atoms with Crippen molar-refractivity contribution in [2.75, 3.05) is 0 Å². The van der Waals surface area contributed by atoms with E-state index in [1.54, 1.807) is 13.0 Å². The minimum absolute atomic E-state index is 0.0954. The molecule has 0 aliphatic heterocycles. The molecule has 0 saturated heterocycles. The van der Waals surface area contributed by atoms with Crippen LogP contribution in [-0.4, -0.2) is 27.1 Å². The molecule has 0 spiro atoms. The van der Waals surface area contributed by atoms with E-state index in [0.29, 0.717) is 11.1 Å². The van der Waals surface area contributed by atoms with Gasteiger partial charge in [-0.05, 0) is 18.9 Å². The smallest absolute Gasteiger partial charge is 0.303 e. The Hall–Kier alpha value is -1.99. The van der Waals surface area contributed by atoms with Crippen LogP contribution in [-0.2, 0) is 4.79 Å². The fourth-order valence-electron chi connectivity index (χ4n) is 1.70. The van der Waals surface area contributed by atoms with Gasteiger partial charge in [0.1, 0.15) is 0 Å². The molecule has 7 heteroatoms. The third kappa shape index (κ3) is 4.01. The van der Waals surface area contributed by atoms with Gasteiger partial charge >= 0.3 is 5.97 Å². The highest BCUT2D eigenvalue weighted by Gasteiger charge is 2.21. The largest absolute Gasteiger partial charge is 0.481 e. The van der Waals surface area contributed by atoms with Gasteiger partial charge < -0.3 is 15.9 Å². The minimum atomic E-state index is -1.13. The van der Waals surface area contributed by atoms with Gasteiger partial charge in [0.05, 0.1) is 11.0 Å². The van der Waals surface area contributed by atoms with Gasteiger partial charge in [-0.3, -0.25) is 14.9 Å². The summed E-state index contributed by atoms with van der Waals surface area (Å²) in [6, 6.07) is 3.56. The van der Waals surface area contributed by atoms with E-state index >= 15 is 0 Å². The molecular weight excluding hydrogens is 252 g/mol. The van der Waals surface area contributed by atoms with Crippen molar-refractivity contribution in [1.82, 2.24) is 0 Å². The number of nitrogens with zero attached hydrogens (tertiary/aromatic N) is 1. The predicted molar refractivity (Wildman–Crippen MR) is 67.6 cm³/mol. The van der Waals surface area contributed by atoms with Crippen LogP contribution >= 0.6 is 0 Å². The molecule has 0 aromatic heterocycles. The van der Waals surface area contributed by atoms with Crippen LogP contribution in [0.1, 0.15) is 30.1 Å². The molecule has 0 aliphatic rings. The average Bonchev–Trinajstić information content (AvgIpc) is 2.35. The van der Waals surface area contributed by atoms with Gasteiger partial charge in [-0.15, -0.1) is 0 Å². The number of carbonyl (C=O) groups is 1. The quantitative estimate of drug-likeness (QED) is 0.524. The lowest BCUT2D eigenvalue weighted by Crippen LogP contribution is -2.29. The van der Waals surface area contributed by atoms with Gasteiger partial charge in [-0.2, -0.15) is 0 Å². The Balaban J connectivity index is 2.87. The number of aryl methyl sites for hydroxylation is 1. The van der Waals surface area contributed by atoms with E-state index in [1.807, 2.05) is 0 Å². The molecule has 0 fully saturated rings. The molecular formula is C12H16N2O5. The van der Waals surface area contributed by atoms with Gasteiger partial charge in [-0.25, -0.2) is 0 Å². The molecule has 1 aromatic carbocycles. The summed E-state index contributed by atoms with van der Waals surface area (Å²) < 4.78 is 0. The highest BCUT2D eigenvalue weighted by molar-refractivity contribution is 5.66. The monoisotopic (exact) mass is 268 g/mol. The Labute approximate surface area is 109 Å². The number of nitrogens with two attached hydrogens (primary N) is 1. The summed E-state index contributed by atoms with van der Waals surface area (Å²) in [7, 11) is 0. The summed E-state index contributed by atoms with van der Waals surface area (Å²) in [6.45, 7) is 1.60. The number of aliphatic carboxylic acids is 1. The van der Waals surface area contributed by atoms with Crippen LogP contribution in [0.15, 0.2) is 18.2 Å². The van der Waals surface area contributed by atoms with Crippen molar-refractivity contribution in [2.45, 2.75) is 31.9 Å². The summed E-state index contributed by atoms with van der Waals surface area (Å²) in [5, 5.41) is 29.3. The first kappa shape index (κ1) is 15.1. The van der Waals surface area contributed by atoms with Gasteiger partial charge in [0, 0.05) is 24.1 Å². The second-order valence-corrected chi connectivity index (χ2v) is 4.34. The Morgan fingerprint density at radius 2 is 2.16 bits per heavy atom. The van der Waals surface area contributed by atoms with Gasteiger partial charge in [-0.1, -0.05) is 12.1 Å². The summed E-state index contributed by atoms with van der Waals surface area (Å²) in [6.07, 6.45) is -1.19. The number of carboxylic acid groups (broad SMARTS) is 1. The second kappa shape index (κ2) is 6.26. The van der Waals surface area contributed by atoms with Crippen molar-refractivity contribution >= 4 is 11.7 Å². The molecule has 1 rings (SSSR count). The number of aliphatic hydroxyl groups excluding tert-OH is 1. The highest BCUT2D eigenvalue weighted by atomic mass is 16.6. The van der Waals surface area contributed by atoms with Crippen LogP contribution in [0.3, 0.4) is 0 Å². The molecule has 0 radical (unpaired) electrons. The maximum Gasteiger partial charge on any atom is 0.303 e. The number of carboxylic acids is 1. The molecule has 0 heterocycles. The van der Waals surface area contributed by atoms with Crippen LogP contribution in [0.2, 0.25) is 0 Å². The fraction of sp³-hybridized carbons (Fsp3) is 0.417. The molecule has 104 valence electrons. The van der Waals surface area contributed by atoms with Crippen molar-refractivity contribution in [3.05, 3.63) is 39.4 Å². The summed E-state index contributed by atoms with van der Waals surface area (Å²) in [5.41, 5.74) is 6.38. The zero-order valence-corrected chi connectivity index (χ0v) is 10.4. The summed E-state index contributed by atoms with van der Waals surface area (Å²) >= 11 is 0. The second-order valence-electron chi connectivity index (χ2n) is 4.34. The first-order chi connectivity index (χ1) is 8.82. The van der Waals surface area contributed by atoms with Crippen molar-refractivity contribution in [1.29, 1.82) is 0 Å². The summed E-state index contributed by atoms with van der Waals surface area (Å²) in [4.78, 5) is 20.7. The maximum absolute atomic E-state index is 10.8. The van der Waals surface area contributed by atoms with Crippen LogP contribution < -0.4 is 5.73 Å². The summed E-state index contributed by atoms with van der Waals surface area (Å²) in [5.74, 6) is -1.00. The number of benzene rings is 1. The predicted octanol–water partition coefficient (Wildman–Crippen LogP) is 1.13. The van der Waals surface area contributed by atoms with Crippen LogP contribution in [0.5, 0.6) is 0 Å². The standard InChI is InChI=1S/C12H16N2O5/c1-7-2-3-8(6-10(7)14(18)19)12(17)9(13)4-5-11(15)16/h2-3,6,9,12,17H,4-5,13H2,1H3,(H,15,16). The third-order valence-electron chi connectivity index (χ3n) is 2.87. The molecule has 4 N–H and O–H groups in total. The molecule has 0 amide bonds. The van der Waals surface area contributed by atoms with E-state index in [1.165, 1.54) is 12.1 Å². The Kier molecular flexibility index (Phi) is 4.96. The molecule has 0 saturated carbocycles. The van der Waals surface area contributed by atoms with E-state index < -0.39 is 23.0 Å². The minimum Gasteiger partial charge on any atom is -0.481 e. The molecule has 2 atom stereocenters. The molecule has 1 aromatic rings. The number of nitro benzene ring substituents is 1. The van der Waals surface area contributed by atoms with Crippen molar-refractivity contribution < 1.29 is 19.9 Å². The van der Waals surface area contributed by atoms with Gasteiger partial charge in [0.25, 0.3) is 5.69 Å². The normalized spacial score (nSPS) is 13.8. The van der Waals surface area contributed by atoms with Crippen LogP contribution in [0.25, 0.3) is 0 Å². The molecule has 19 heavy (non-hydrogen) atoms. The van der Waals surface area contributed by atoms with Crippen molar-refractivity contribution in [2.24, 2.45) is 5.73 Å². The number of aliphatic hydroxyl groups is 1. The van der Waals surface area contributed by atoms with E-state index in [9.17, 15) is 20.0 Å². The average molecular weight is 268 g/mol. The number of nitro groups is 1. The Morgan fingerprint density at radius 3 is 2.68 bits per heavy atom. The van der Waals surface area contributed by atoms with Crippen molar-refractivity contribution in [3.63, 3.8) is 0 Å². The highest BCUT2D eigenvalue weighted by Crippen LogP contribution is 2.25. The van der Waals surface area contributed by atoms with E-state index in [4.69, 9.17) is 10.8 Å². The van der Waals surface area contributed by atoms with E-state index in [-0.39, 0.29) is 18.5 Å². The first-order valence-electron chi connectivity index (χ1n) is 5.73. The SMILES string of the molecule is Cc1ccc(C(O)C(N)CCC(=O)O)cc1[N+](=O)[O-]. The zero-order valence-electron chi connectivity index (χ0n) is 10.4. The lowest BCUT2D eigenvalue weighted by molar-refractivity contribution is -0.385. The number of rotatable bonds is 6. The van der Waals surface area contributed by atoms with Crippen molar-refractivity contribution in [3.8, 4) is 0 Å². The van der Waals surface area contributed by atoms with E-state index in [2.05, 4.69) is 0 Å². The van der Waals surface area contributed by atoms with E-state index in [0.717, 1.165) is 0 Å².